The van der Waals surface area contributed by atoms with E-state index < -0.39 is 0 Å². The van der Waals surface area contributed by atoms with Gasteiger partial charge in [-0.25, -0.2) is 0 Å². The lowest BCUT2D eigenvalue weighted by Gasteiger charge is -2.10. The molecule has 5 heteroatoms. The number of aryl methyl sites for hydroxylation is 1. The Labute approximate surface area is 148 Å². The van der Waals surface area contributed by atoms with E-state index in [2.05, 4.69) is 5.32 Å². The number of carbonyl (C=O) groups is 2. The van der Waals surface area contributed by atoms with Crippen LogP contribution in [-0.2, 0) is 0 Å². The third-order valence-electron chi connectivity index (χ3n) is 3.65. The molecule has 2 aromatic rings. The number of nitrogens with two attached hydrogens (primary N) is 1. The lowest BCUT2D eigenvalue weighted by molar-refractivity contribution is 0.0941. The summed E-state index contributed by atoms with van der Waals surface area (Å²) in [7, 11) is 0. The van der Waals surface area contributed by atoms with E-state index in [0.29, 0.717) is 29.8 Å². The molecule has 0 radical (unpaired) electrons. The van der Waals surface area contributed by atoms with E-state index in [1.54, 1.807) is 36.4 Å². The third kappa shape index (κ3) is 5.18. The quantitative estimate of drug-likeness (QED) is 0.597. The van der Waals surface area contributed by atoms with Gasteiger partial charge in [0.2, 0.25) is 0 Å². The van der Waals surface area contributed by atoms with E-state index in [1.807, 2.05) is 19.1 Å². The fourth-order valence-corrected chi connectivity index (χ4v) is 2.31. The summed E-state index contributed by atoms with van der Waals surface area (Å²) in [5.74, 6) is -0.365. The van der Waals surface area contributed by atoms with Crippen LogP contribution in [0.5, 0.6) is 0 Å². The standard InChI is InChI=1S/C19H22N2O2.ClH/c1-14-8-10-15(11-9-14)18(22)16-6-2-3-7-17(16)19(23)21-13-5-4-12-20;/h2-3,6-11H,4-5,12-13,20H2,1H3,(H,21,23);1H. The van der Waals surface area contributed by atoms with Gasteiger partial charge in [0.25, 0.3) is 5.91 Å². The summed E-state index contributed by atoms with van der Waals surface area (Å²) in [5, 5.41) is 2.84. The average molecular weight is 347 g/mol. The molecule has 0 unspecified atom stereocenters. The Balaban J connectivity index is 0.00000288. The van der Waals surface area contributed by atoms with Gasteiger partial charge < -0.3 is 11.1 Å². The van der Waals surface area contributed by atoms with Crippen molar-refractivity contribution in [3.8, 4) is 0 Å². The Morgan fingerprint density at radius 1 is 0.958 bits per heavy atom. The van der Waals surface area contributed by atoms with Gasteiger partial charge >= 0.3 is 0 Å². The van der Waals surface area contributed by atoms with Crippen molar-refractivity contribution < 1.29 is 9.59 Å². The van der Waals surface area contributed by atoms with Gasteiger partial charge in [-0.15, -0.1) is 12.4 Å². The van der Waals surface area contributed by atoms with Gasteiger partial charge in [-0.2, -0.15) is 0 Å². The number of rotatable bonds is 7. The van der Waals surface area contributed by atoms with E-state index in [4.69, 9.17) is 5.73 Å². The van der Waals surface area contributed by atoms with E-state index in [9.17, 15) is 9.59 Å². The molecule has 0 fully saturated rings. The second-order valence-corrected chi connectivity index (χ2v) is 5.49. The van der Waals surface area contributed by atoms with E-state index in [1.165, 1.54) is 0 Å². The second kappa shape index (κ2) is 9.85. The van der Waals surface area contributed by atoms with Crippen LogP contribution >= 0.6 is 12.4 Å². The first-order valence-corrected chi connectivity index (χ1v) is 7.82. The Kier molecular flexibility index (Phi) is 8.16. The highest BCUT2D eigenvalue weighted by molar-refractivity contribution is 6.15. The maximum atomic E-state index is 12.7. The predicted octanol–water partition coefficient (Wildman–Crippen LogP) is 3.12. The maximum Gasteiger partial charge on any atom is 0.252 e. The zero-order valence-corrected chi connectivity index (χ0v) is 14.6. The first kappa shape index (κ1) is 19.9. The average Bonchev–Trinajstić information content (AvgIpc) is 2.58. The number of amides is 1. The van der Waals surface area contributed by atoms with Gasteiger partial charge in [0.05, 0.1) is 5.56 Å². The number of benzene rings is 2. The van der Waals surface area contributed by atoms with Crippen LogP contribution in [0.15, 0.2) is 48.5 Å². The minimum absolute atomic E-state index is 0. The van der Waals surface area contributed by atoms with Crippen LogP contribution in [0.25, 0.3) is 0 Å². The molecular formula is C19H23ClN2O2. The van der Waals surface area contributed by atoms with Crippen LogP contribution in [0.3, 0.4) is 0 Å². The van der Waals surface area contributed by atoms with Crippen LogP contribution in [0, 0.1) is 6.92 Å². The molecule has 0 saturated carbocycles. The molecule has 2 rings (SSSR count). The molecule has 128 valence electrons. The molecule has 0 aliphatic rings. The molecule has 0 saturated heterocycles. The monoisotopic (exact) mass is 346 g/mol. The molecule has 0 spiro atoms. The van der Waals surface area contributed by atoms with Crippen LogP contribution in [0.2, 0.25) is 0 Å². The number of unbranched alkanes of at least 4 members (excludes halogenated alkanes) is 1. The molecule has 0 heterocycles. The van der Waals surface area contributed by atoms with E-state index >= 15 is 0 Å². The molecule has 2 aromatic carbocycles. The largest absolute Gasteiger partial charge is 0.352 e. The maximum absolute atomic E-state index is 12.7. The summed E-state index contributed by atoms with van der Waals surface area (Å²) < 4.78 is 0. The van der Waals surface area contributed by atoms with Crippen LogP contribution in [-0.4, -0.2) is 24.8 Å². The number of carbonyl (C=O) groups excluding carboxylic acids is 2. The van der Waals surface area contributed by atoms with Crippen LogP contribution in [0.1, 0.15) is 44.7 Å². The Morgan fingerprint density at radius 2 is 1.58 bits per heavy atom. The van der Waals surface area contributed by atoms with Crippen molar-refractivity contribution in [3.05, 3.63) is 70.8 Å². The highest BCUT2D eigenvalue weighted by Gasteiger charge is 2.17. The van der Waals surface area contributed by atoms with Gasteiger partial charge in [-0.3, -0.25) is 9.59 Å². The number of hydrogen-bond donors (Lipinski definition) is 2. The normalized spacial score (nSPS) is 9.92. The van der Waals surface area contributed by atoms with Crippen LogP contribution in [0.4, 0.5) is 0 Å². The Morgan fingerprint density at radius 3 is 2.21 bits per heavy atom. The molecule has 0 atom stereocenters. The predicted molar refractivity (Wildman–Crippen MR) is 98.9 cm³/mol. The minimum atomic E-state index is -0.224. The highest BCUT2D eigenvalue weighted by Crippen LogP contribution is 2.15. The Hall–Kier alpha value is -2.17. The van der Waals surface area contributed by atoms with E-state index in [-0.39, 0.29) is 24.1 Å². The summed E-state index contributed by atoms with van der Waals surface area (Å²) in [6, 6.07) is 14.3. The minimum Gasteiger partial charge on any atom is -0.352 e. The van der Waals surface area contributed by atoms with Gasteiger partial charge in [0, 0.05) is 17.7 Å². The van der Waals surface area contributed by atoms with Gasteiger partial charge in [0.1, 0.15) is 0 Å². The van der Waals surface area contributed by atoms with Crippen molar-refractivity contribution in [1.29, 1.82) is 0 Å². The molecular weight excluding hydrogens is 324 g/mol. The topological polar surface area (TPSA) is 72.2 Å². The first-order valence-electron chi connectivity index (χ1n) is 7.82. The second-order valence-electron chi connectivity index (χ2n) is 5.49. The summed E-state index contributed by atoms with van der Waals surface area (Å²) in [6.45, 7) is 3.14. The summed E-state index contributed by atoms with van der Waals surface area (Å²) >= 11 is 0. The number of ketones is 1. The molecule has 24 heavy (non-hydrogen) atoms. The van der Waals surface area contributed by atoms with Crippen molar-refractivity contribution in [2.45, 2.75) is 19.8 Å². The number of nitrogens with one attached hydrogen (secondary N) is 1. The van der Waals surface area contributed by atoms with Crippen molar-refractivity contribution in [1.82, 2.24) is 5.32 Å². The highest BCUT2D eigenvalue weighted by atomic mass is 35.5. The fourth-order valence-electron chi connectivity index (χ4n) is 2.31. The summed E-state index contributed by atoms with van der Waals surface area (Å²) in [5.41, 5.74) is 7.94. The van der Waals surface area contributed by atoms with E-state index in [0.717, 1.165) is 18.4 Å². The van der Waals surface area contributed by atoms with Gasteiger partial charge in [-0.1, -0.05) is 48.0 Å². The zero-order chi connectivity index (χ0) is 16.7. The lowest BCUT2D eigenvalue weighted by Crippen LogP contribution is -2.26. The van der Waals surface area contributed by atoms with Gasteiger partial charge in [0.15, 0.2) is 5.78 Å². The molecule has 0 bridgehead atoms. The molecule has 1 amide bonds. The van der Waals surface area contributed by atoms with Crippen molar-refractivity contribution >= 4 is 24.1 Å². The zero-order valence-electron chi connectivity index (χ0n) is 13.7. The number of halogens is 1. The Bertz CT molecular complexity index is 684. The van der Waals surface area contributed by atoms with Crippen molar-refractivity contribution in [3.63, 3.8) is 0 Å². The van der Waals surface area contributed by atoms with Gasteiger partial charge in [-0.05, 0) is 32.4 Å². The van der Waals surface area contributed by atoms with Crippen molar-refractivity contribution in [2.75, 3.05) is 13.1 Å². The SMILES string of the molecule is Cc1ccc(C(=O)c2ccccc2C(=O)NCCCCN)cc1.Cl. The van der Waals surface area contributed by atoms with Crippen molar-refractivity contribution in [2.24, 2.45) is 5.73 Å². The molecule has 0 aromatic heterocycles. The molecule has 3 N–H and O–H groups in total. The molecule has 4 nitrogen and oxygen atoms in total. The summed E-state index contributed by atoms with van der Waals surface area (Å²) in [4.78, 5) is 25.0. The number of hydrogen-bond acceptors (Lipinski definition) is 3. The molecule has 0 aliphatic heterocycles. The smallest absolute Gasteiger partial charge is 0.252 e. The third-order valence-corrected chi connectivity index (χ3v) is 3.65. The van der Waals surface area contributed by atoms with Crippen LogP contribution < -0.4 is 11.1 Å². The fraction of sp³-hybridized carbons (Fsp3) is 0.263. The summed E-state index contributed by atoms with van der Waals surface area (Å²) in [6.07, 6.45) is 1.69. The first-order chi connectivity index (χ1) is 11.1. The molecule has 0 aliphatic carbocycles. The lowest BCUT2D eigenvalue weighted by atomic mass is 9.97.